The number of rotatable bonds is 9. The van der Waals surface area contributed by atoms with Crippen LogP contribution >= 0.6 is 11.6 Å². The number of halogens is 1. The van der Waals surface area contributed by atoms with E-state index in [0.29, 0.717) is 68.9 Å². The fraction of sp³-hybridized carbons (Fsp3) is 0.379. The summed E-state index contributed by atoms with van der Waals surface area (Å²) in [5.74, 6) is 2.30. The Bertz CT molecular complexity index is 1430. The van der Waals surface area contributed by atoms with Gasteiger partial charge in [0.1, 0.15) is 23.7 Å². The molecule has 0 unspecified atom stereocenters. The first-order valence-electron chi connectivity index (χ1n) is 12.8. The number of piperidine rings is 1. The largest absolute Gasteiger partial charge is 0.497 e. The van der Waals surface area contributed by atoms with Crippen LogP contribution in [0.4, 0.5) is 11.4 Å². The maximum atomic E-state index is 10.0. The van der Waals surface area contributed by atoms with E-state index in [9.17, 15) is 5.26 Å². The molecule has 10 heteroatoms. The summed E-state index contributed by atoms with van der Waals surface area (Å²) in [5.41, 5.74) is 2.95. The number of nitriles is 1. The first-order valence-corrected chi connectivity index (χ1v) is 13.2. The zero-order valence-electron chi connectivity index (χ0n) is 22.3. The lowest BCUT2D eigenvalue weighted by Gasteiger charge is -2.30. The number of pyridine rings is 1. The van der Waals surface area contributed by atoms with E-state index >= 15 is 0 Å². The number of likely N-dealkylation sites (tertiary alicyclic amines) is 1. The van der Waals surface area contributed by atoms with Crippen LogP contribution in [0.15, 0.2) is 36.5 Å². The fourth-order valence-electron chi connectivity index (χ4n) is 4.80. The lowest BCUT2D eigenvalue weighted by molar-refractivity contribution is 0.115. The van der Waals surface area contributed by atoms with Gasteiger partial charge in [0, 0.05) is 55.7 Å². The number of aromatic nitrogens is 1. The van der Waals surface area contributed by atoms with Gasteiger partial charge in [0.05, 0.1) is 35.0 Å². The number of hydrogen-bond donors (Lipinski definition) is 1. The Hall–Kier alpha value is -3.71. The van der Waals surface area contributed by atoms with Crippen LogP contribution in [0.25, 0.3) is 15.9 Å². The van der Waals surface area contributed by atoms with E-state index < -0.39 is 0 Å². The molecule has 3 heterocycles. The highest BCUT2D eigenvalue weighted by atomic mass is 35.5. The average Bonchev–Trinajstić information content (AvgIpc) is 3.45. The zero-order valence-corrected chi connectivity index (χ0v) is 23.0. The molecule has 5 rings (SSSR count). The van der Waals surface area contributed by atoms with Crippen LogP contribution in [-0.2, 0) is 4.74 Å². The van der Waals surface area contributed by atoms with Gasteiger partial charge in [-0.15, -0.1) is 0 Å². The van der Waals surface area contributed by atoms with Crippen molar-refractivity contribution in [3.05, 3.63) is 47.7 Å². The molecule has 39 heavy (non-hydrogen) atoms. The Kier molecular flexibility index (Phi) is 8.27. The Labute approximate surface area is 232 Å². The van der Waals surface area contributed by atoms with E-state index in [-0.39, 0.29) is 12.9 Å². The lowest BCUT2D eigenvalue weighted by atomic mass is 10.1. The summed E-state index contributed by atoms with van der Waals surface area (Å²) in [4.78, 5) is 6.84. The molecule has 0 amide bonds. The minimum absolute atomic E-state index is 0.0439. The van der Waals surface area contributed by atoms with Gasteiger partial charge in [-0.1, -0.05) is 17.7 Å². The van der Waals surface area contributed by atoms with Crippen LogP contribution in [0.1, 0.15) is 30.4 Å². The van der Waals surface area contributed by atoms with E-state index in [0.717, 1.165) is 31.5 Å². The van der Waals surface area contributed by atoms with Crippen LogP contribution < -0.4 is 24.3 Å². The second-order valence-electron chi connectivity index (χ2n) is 9.48. The van der Waals surface area contributed by atoms with Crippen molar-refractivity contribution in [2.45, 2.75) is 25.4 Å². The zero-order chi connectivity index (χ0) is 27.4. The first kappa shape index (κ1) is 26.9. The van der Waals surface area contributed by atoms with E-state index in [4.69, 9.17) is 35.3 Å². The summed E-state index contributed by atoms with van der Waals surface area (Å²) in [6, 6.07) is 9.69. The fourth-order valence-corrected chi connectivity index (χ4v) is 5.06. The molecule has 0 aliphatic carbocycles. The standard InChI is InChI=1S/C29H31ClN4O5/c1-34-10-8-19(9-11-34)39-25-14-20(36-3)13-24-26(25)27(18(15-31)16-32-24)33-23-7-6-21(22(30)5-4-12-35-2)28-29(23)38-17-37-28/h5-7,13-14,16,19H,4,8-12,17H2,1-3H3,(H,32,33). The van der Waals surface area contributed by atoms with Gasteiger partial charge in [-0.25, -0.2) is 0 Å². The van der Waals surface area contributed by atoms with Gasteiger partial charge in [0.2, 0.25) is 6.79 Å². The molecular weight excluding hydrogens is 520 g/mol. The topological polar surface area (TPSA) is 98.1 Å². The molecule has 0 radical (unpaired) electrons. The molecule has 1 saturated heterocycles. The summed E-state index contributed by atoms with van der Waals surface area (Å²) in [5, 5.41) is 14.7. The molecule has 2 aliphatic heterocycles. The number of benzene rings is 2. The molecule has 2 aliphatic rings. The van der Waals surface area contributed by atoms with E-state index in [1.165, 1.54) is 0 Å². The molecule has 2 aromatic carbocycles. The van der Waals surface area contributed by atoms with Gasteiger partial charge >= 0.3 is 0 Å². The second kappa shape index (κ2) is 12.0. The van der Waals surface area contributed by atoms with Crippen molar-refractivity contribution in [3.8, 4) is 29.1 Å². The summed E-state index contributed by atoms with van der Waals surface area (Å²) in [6.07, 6.45) is 5.96. The lowest BCUT2D eigenvalue weighted by Crippen LogP contribution is -2.35. The van der Waals surface area contributed by atoms with Gasteiger partial charge in [0.25, 0.3) is 0 Å². The van der Waals surface area contributed by atoms with Crippen molar-refractivity contribution in [2.24, 2.45) is 0 Å². The van der Waals surface area contributed by atoms with Gasteiger partial charge in [0.15, 0.2) is 11.5 Å². The third-order valence-corrected chi connectivity index (χ3v) is 7.26. The number of fused-ring (bicyclic) bond motifs is 2. The highest BCUT2D eigenvalue weighted by Crippen LogP contribution is 2.48. The second-order valence-corrected chi connectivity index (χ2v) is 9.89. The van der Waals surface area contributed by atoms with Gasteiger partial charge in [-0.3, -0.25) is 4.98 Å². The molecule has 1 N–H and O–H groups in total. The van der Waals surface area contributed by atoms with Gasteiger partial charge < -0.3 is 33.9 Å². The van der Waals surface area contributed by atoms with Crippen molar-refractivity contribution < 1.29 is 23.7 Å². The average molecular weight is 551 g/mol. The van der Waals surface area contributed by atoms with Crippen LogP contribution in [0.5, 0.6) is 23.0 Å². The predicted octanol–water partition coefficient (Wildman–Crippen LogP) is 5.68. The van der Waals surface area contributed by atoms with E-state index in [1.54, 1.807) is 20.4 Å². The predicted molar refractivity (Wildman–Crippen MR) is 150 cm³/mol. The van der Waals surface area contributed by atoms with E-state index in [2.05, 4.69) is 28.3 Å². The van der Waals surface area contributed by atoms with Crippen LogP contribution in [-0.4, -0.2) is 63.7 Å². The summed E-state index contributed by atoms with van der Waals surface area (Å²) in [6.45, 7) is 2.54. The van der Waals surface area contributed by atoms with Crippen molar-refractivity contribution in [2.75, 3.05) is 53.1 Å². The molecule has 0 saturated carbocycles. The Balaban J connectivity index is 1.57. The minimum Gasteiger partial charge on any atom is -0.497 e. The molecule has 1 fully saturated rings. The highest BCUT2D eigenvalue weighted by molar-refractivity contribution is 6.49. The van der Waals surface area contributed by atoms with Crippen molar-refractivity contribution in [1.29, 1.82) is 5.26 Å². The molecule has 0 bridgehead atoms. The monoisotopic (exact) mass is 550 g/mol. The highest BCUT2D eigenvalue weighted by Gasteiger charge is 2.26. The first-order chi connectivity index (χ1) is 19.0. The van der Waals surface area contributed by atoms with Crippen molar-refractivity contribution >= 4 is 38.9 Å². The van der Waals surface area contributed by atoms with Crippen LogP contribution in [0, 0.1) is 11.3 Å². The van der Waals surface area contributed by atoms with Crippen molar-refractivity contribution in [1.82, 2.24) is 9.88 Å². The molecule has 1 aromatic heterocycles. The number of nitrogens with one attached hydrogen (secondary N) is 1. The Morgan fingerprint density at radius 2 is 2.03 bits per heavy atom. The Morgan fingerprint density at radius 3 is 2.77 bits per heavy atom. The number of methoxy groups -OCH3 is 2. The Morgan fingerprint density at radius 1 is 1.23 bits per heavy atom. The number of anilines is 2. The van der Waals surface area contributed by atoms with Crippen molar-refractivity contribution in [3.63, 3.8) is 0 Å². The third-order valence-electron chi connectivity index (χ3n) is 6.90. The molecule has 0 atom stereocenters. The smallest absolute Gasteiger partial charge is 0.231 e. The minimum atomic E-state index is 0.0439. The number of hydrogen-bond acceptors (Lipinski definition) is 9. The summed E-state index contributed by atoms with van der Waals surface area (Å²) in [7, 11) is 5.37. The molecule has 204 valence electrons. The molecule has 9 nitrogen and oxygen atoms in total. The summed E-state index contributed by atoms with van der Waals surface area (Å²) >= 11 is 6.58. The maximum absolute atomic E-state index is 10.0. The maximum Gasteiger partial charge on any atom is 0.231 e. The van der Waals surface area contributed by atoms with Gasteiger partial charge in [-0.05, 0) is 38.4 Å². The third kappa shape index (κ3) is 5.69. The number of ether oxygens (including phenoxy) is 5. The van der Waals surface area contributed by atoms with Crippen LogP contribution in [0.2, 0.25) is 0 Å². The molecule has 0 spiro atoms. The van der Waals surface area contributed by atoms with E-state index in [1.807, 2.05) is 30.3 Å². The normalized spacial score (nSPS) is 15.8. The quantitative estimate of drug-likeness (QED) is 0.337. The van der Waals surface area contributed by atoms with Crippen LogP contribution in [0.3, 0.4) is 0 Å². The van der Waals surface area contributed by atoms with Gasteiger partial charge in [-0.2, -0.15) is 5.26 Å². The number of nitrogens with zero attached hydrogens (tertiary/aromatic N) is 3. The molecular formula is C29H31ClN4O5. The SMILES string of the molecule is COCCC=C(Cl)c1ccc(Nc2c(C#N)cnc3cc(OC)cc(OC4CCN(C)CC4)c23)c2c1OCO2. The molecule has 3 aromatic rings. The summed E-state index contributed by atoms with van der Waals surface area (Å²) < 4.78 is 28.9.